The molecular weight excluding hydrogens is 372 g/mol. The maximum absolute atomic E-state index is 11.6. The van der Waals surface area contributed by atoms with Crippen molar-refractivity contribution in [1.29, 1.82) is 0 Å². The molecule has 3 rings (SSSR count). The number of hydrogen-bond donors (Lipinski definition) is 0. The lowest BCUT2D eigenvalue weighted by Gasteiger charge is -2.13. The summed E-state index contributed by atoms with van der Waals surface area (Å²) in [4.78, 5) is 18.2. The number of nitrogens with zero attached hydrogens (tertiary/aromatic N) is 2. The molecule has 0 N–H and O–H groups in total. The Morgan fingerprint density at radius 3 is 2.71 bits per heavy atom. The Morgan fingerprint density at radius 2 is 2.04 bits per heavy atom. The monoisotopic (exact) mass is 390 g/mol. The molecule has 0 saturated carbocycles. The molecule has 0 unspecified atom stereocenters. The van der Waals surface area contributed by atoms with Gasteiger partial charge in [-0.3, -0.25) is 4.99 Å². The molecule has 2 heterocycles. The smallest absolute Gasteiger partial charge is 0.338 e. The van der Waals surface area contributed by atoms with Gasteiger partial charge in [-0.25, -0.2) is 4.79 Å². The minimum Gasteiger partial charge on any atom is -0.462 e. The number of carbonyl (C=O) groups excluding carboxylic acids is 1. The molecule has 0 spiro atoms. The molecule has 0 aliphatic carbocycles. The van der Waals surface area contributed by atoms with E-state index in [0.717, 1.165) is 29.1 Å². The first-order valence-electron chi connectivity index (χ1n) is 8.03. The molecule has 1 saturated heterocycles. The lowest BCUT2D eigenvalue weighted by atomic mass is 10.2. The summed E-state index contributed by atoms with van der Waals surface area (Å²) in [5.41, 5.74) is 1.27. The van der Waals surface area contributed by atoms with Crippen molar-refractivity contribution in [2.24, 2.45) is 4.99 Å². The highest BCUT2D eigenvalue weighted by molar-refractivity contribution is 9.10. The molecule has 1 aromatic carbocycles. The van der Waals surface area contributed by atoms with Crippen LogP contribution >= 0.6 is 15.9 Å². The number of ether oxygens (including phenoxy) is 1. The van der Waals surface area contributed by atoms with Gasteiger partial charge in [-0.05, 0) is 60.0 Å². The highest BCUT2D eigenvalue weighted by atomic mass is 79.9. The lowest BCUT2D eigenvalue weighted by molar-refractivity contribution is 0.0526. The quantitative estimate of drug-likeness (QED) is 0.554. The highest BCUT2D eigenvalue weighted by Crippen LogP contribution is 2.32. The van der Waals surface area contributed by atoms with E-state index >= 15 is 0 Å². The van der Waals surface area contributed by atoms with Crippen molar-refractivity contribution in [1.82, 2.24) is 0 Å². The Hall–Kier alpha value is -2.08. The molecule has 1 fully saturated rings. The molecule has 0 bridgehead atoms. The van der Waals surface area contributed by atoms with Gasteiger partial charge in [-0.2, -0.15) is 0 Å². The minimum absolute atomic E-state index is 0.321. The van der Waals surface area contributed by atoms with Crippen molar-refractivity contribution in [3.8, 4) is 0 Å². The van der Waals surface area contributed by atoms with Crippen LogP contribution in [-0.2, 0) is 4.74 Å². The first-order valence-corrected chi connectivity index (χ1v) is 8.82. The summed E-state index contributed by atoms with van der Waals surface area (Å²) < 4.78 is 11.8. The number of hydrogen-bond acceptors (Lipinski definition) is 5. The summed E-state index contributed by atoms with van der Waals surface area (Å²) >= 11 is 3.55. The molecule has 2 aromatic rings. The van der Waals surface area contributed by atoms with Crippen LogP contribution in [0.15, 0.2) is 44.2 Å². The number of carbonyl (C=O) groups is 1. The predicted octanol–water partition coefficient (Wildman–Crippen LogP) is 4.57. The standard InChI is InChI=1S/C18H19BrN2O3/c1-2-23-18(22)13-5-7-14(8-6-13)20-12-15-11-16(19)17(24-15)21-9-3-4-10-21/h5-8,11-12H,2-4,9-10H2,1H3. The number of benzene rings is 1. The van der Waals surface area contributed by atoms with Gasteiger partial charge in [0.2, 0.25) is 5.88 Å². The highest BCUT2D eigenvalue weighted by Gasteiger charge is 2.19. The lowest BCUT2D eigenvalue weighted by Crippen LogP contribution is -2.17. The third-order valence-corrected chi connectivity index (χ3v) is 4.37. The van der Waals surface area contributed by atoms with E-state index in [1.807, 2.05) is 6.07 Å². The van der Waals surface area contributed by atoms with Crippen LogP contribution in [0.4, 0.5) is 11.6 Å². The van der Waals surface area contributed by atoms with Crippen molar-refractivity contribution < 1.29 is 13.9 Å². The van der Waals surface area contributed by atoms with Gasteiger partial charge in [-0.1, -0.05) is 0 Å². The van der Waals surface area contributed by atoms with E-state index < -0.39 is 0 Å². The van der Waals surface area contributed by atoms with Crippen LogP contribution in [0.5, 0.6) is 0 Å². The first kappa shape index (κ1) is 16.8. The number of anilines is 1. The van der Waals surface area contributed by atoms with E-state index in [1.165, 1.54) is 12.8 Å². The van der Waals surface area contributed by atoms with Gasteiger partial charge in [-0.15, -0.1) is 0 Å². The fourth-order valence-corrected chi connectivity index (χ4v) is 3.17. The van der Waals surface area contributed by atoms with Gasteiger partial charge in [0, 0.05) is 19.2 Å². The van der Waals surface area contributed by atoms with Gasteiger partial charge in [0.1, 0.15) is 5.76 Å². The van der Waals surface area contributed by atoms with Crippen LogP contribution in [0.25, 0.3) is 0 Å². The summed E-state index contributed by atoms with van der Waals surface area (Å²) in [6.45, 7) is 4.20. The molecule has 6 heteroatoms. The predicted molar refractivity (Wildman–Crippen MR) is 97.5 cm³/mol. The SMILES string of the molecule is CCOC(=O)c1ccc(N=Cc2cc(Br)c(N3CCCC3)o2)cc1. The van der Waals surface area contributed by atoms with E-state index in [9.17, 15) is 4.79 Å². The fourth-order valence-electron chi connectivity index (χ4n) is 2.61. The van der Waals surface area contributed by atoms with E-state index in [4.69, 9.17) is 9.15 Å². The summed E-state index contributed by atoms with van der Waals surface area (Å²) in [6, 6.07) is 8.89. The molecule has 24 heavy (non-hydrogen) atoms. The van der Waals surface area contributed by atoms with Gasteiger partial charge < -0.3 is 14.1 Å². The summed E-state index contributed by atoms with van der Waals surface area (Å²) in [5.74, 6) is 1.24. The maximum Gasteiger partial charge on any atom is 0.338 e. The molecule has 5 nitrogen and oxygen atoms in total. The molecular formula is C18H19BrN2O3. The molecule has 1 aromatic heterocycles. The zero-order valence-electron chi connectivity index (χ0n) is 13.5. The Balaban J connectivity index is 1.69. The number of esters is 1. The normalized spacial score (nSPS) is 14.5. The topological polar surface area (TPSA) is 55.0 Å². The number of aliphatic imine (C=N–C) groups is 1. The van der Waals surface area contributed by atoms with Crippen LogP contribution < -0.4 is 4.90 Å². The Labute approximate surface area is 149 Å². The second-order valence-corrected chi connectivity index (χ2v) is 6.38. The third kappa shape index (κ3) is 3.87. The second kappa shape index (κ2) is 7.66. The van der Waals surface area contributed by atoms with Crippen molar-refractivity contribution in [2.45, 2.75) is 19.8 Å². The van der Waals surface area contributed by atoms with Crippen molar-refractivity contribution in [2.75, 3.05) is 24.6 Å². The Kier molecular flexibility index (Phi) is 5.35. The van der Waals surface area contributed by atoms with Crippen molar-refractivity contribution in [3.63, 3.8) is 0 Å². The summed E-state index contributed by atoms with van der Waals surface area (Å²) in [6.07, 6.45) is 4.08. The van der Waals surface area contributed by atoms with Crippen LogP contribution in [0.2, 0.25) is 0 Å². The third-order valence-electron chi connectivity index (χ3n) is 3.80. The van der Waals surface area contributed by atoms with Gasteiger partial charge in [0.15, 0.2) is 0 Å². The number of halogens is 1. The summed E-state index contributed by atoms with van der Waals surface area (Å²) in [7, 11) is 0. The van der Waals surface area contributed by atoms with Gasteiger partial charge in [0.05, 0.1) is 28.5 Å². The molecule has 1 aliphatic heterocycles. The maximum atomic E-state index is 11.6. The zero-order chi connectivity index (χ0) is 16.9. The average molecular weight is 391 g/mol. The molecule has 1 aliphatic rings. The van der Waals surface area contributed by atoms with E-state index in [-0.39, 0.29) is 5.97 Å². The number of rotatable bonds is 5. The molecule has 126 valence electrons. The largest absolute Gasteiger partial charge is 0.462 e. The van der Waals surface area contributed by atoms with Crippen LogP contribution in [0, 0.1) is 0 Å². The van der Waals surface area contributed by atoms with Crippen LogP contribution in [0.3, 0.4) is 0 Å². The minimum atomic E-state index is -0.321. The first-order chi connectivity index (χ1) is 11.7. The average Bonchev–Trinajstić information content (AvgIpc) is 3.23. The Morgan fingerprint density at radius 1 is 1.33 bits per heavy atom. The van der Waals surface area contributed by atoms with E-state index in [1.54, 1.807) is 37.4 Å². The van der Waals surface area contributed by atoms with Gasteiger partial charge in [0.25, 0.3) is 0 Å². The van der Waals surface area contributed by atoms with Crippen LogP contribution in [-0.4, -0.2) is 31.9 Å². The molecule has 0 radical (unpaired) electrons. The van der Waals surface area contributed by atoms with Crippen molar-refractivity contribution >= 4 is 39.7 Å². The summed E-state index contributed by atoms with van der Waals surface area (Å²) in [5, 5.41) is 0. The number of furan rings is 1. The Bertz CT molecular complexity index is 731. The molecule has 0 atom stereocenters. The van der Waals surface area contributed by atoms with E-state index in [0.29, 0.717) is 17.9 Å². The van der Waals surface area contributed by atoms with E-state index in [2.05, 4.69) is 25.8 Å². The van der Waals surface area contributed by atoms with Gasteiger partial charge >= 0.3 is 5.97 Å². The van der Waals surface area contributed by atoms with Crippen molar-refractivity contribution in [3.05, 3.63) is 46.1 Å². The zero-order valence-corrected chi connectivity index (χ0v) is 15.1. The van der Waals surface area contributed by atoms with Crippen LogP contribution in [0.1, 0.15) is 35.9 Å². The fraction of sp³-hybridized carbons (Fsp3) is 0.333. The second-order valence-electron chi connectivity index (χ2n) is 5.52. The molecule has 0 amide bonds.